The van der Waals surface area contributed by atoms with Crippen LogP contribution in [0.4, 0.5) is 4.39 Å². The van der Waals surface area contributed by atoms with Crippen molar-refractivity contribution in [1.82, 2.24) is 4.90 Å². The van der Waals surface area contributed by atoms with Gasteiger partial charge in [0.15, 0.2) is 9.84 Å². The van der Waals surface area contributed by atoms with Crippen LogP contribution in [0.15, 0.2) is 48.5 Å². The number of likely N-dealkylation sites (tertiary alicyclic amines) is 1. The predicted octanol–water partition coefficient (Wildman–Crippen LogP) is 3.70. The summed E-state index contributed by atoms with van der Waals surface area (Å²) in [7, 11) is -3.30. The van der Waals surface area contributed by atoms with Gasteiger partial charge in [0.05, 0.1) is 21.6 Å². The van der Waals surface area contributed by atoms with Crippen LogP contribution in [-0.4, -0.2) is 37.6 Å². The number of sulfone groups is 1. The number of nitrogens with zero attached hydrogens (tertiary/aromatic N) is 1. The largest absolute Gasteiger partial charge is 0.338 e. The number of halogens is 2. The molecule has 1 amide bonds. The molecule has 1 fully saturated rings. The van der Waals surface area contributed by atoms with Crippen LogP contribution in [0, 0.1) is 5.82 Å². The van der Waals surface area contributed by atoms with Gasteiger partial charge in [-0.05, 0) is 30.5 Å². The first-order valence-corrected chi connectivity index (χ1v) is 10.5. The smallest absolute Gasteiger partial charge is 0.258 e. The van der Waals surface area contributed by atoms with Crippen LogP contribution in [0.1, 0.15) is 28.8 Å². The number of hydrogen-bond acceptors (Lipinski definition) is 3. The molecule has 138 valence electrons. The van der Waals surface area contributed by atoms with Gasteiger partial charge in [-0.2, -0.15) is 0 Å². The predicted molar refractivity (Wildman–Crippen MR) is 99.4 cm³/mol. The third-order valence-corrected chi connectivity index (χ3v) is 7.16. The summed E-state index contributed by atoms with van der Waals surface area (Å²) < 4.78 is 39.2. The molecule has 0 radical (unpaired) electrons. The van der Waals surface area contributed by atoms with Crippen LogP contribution in [0.2, 0.25) is 5.02 Å². The molecule has 0 aliphatic carbocycles. The fraction of sp³-hybridized carbons (Fsp3) is 0.316. The molecule has 2 aromatic rings. The first kappa shape index (κ1) is 18.9. The zero-order valence-electron chi connectivity index (χ0n) is 14.1. The first-order valence-electron chi connectivity index (χ1n) is 8.37. The van der Waals surface area contributed by atoms with E-state index in [0.717, 1.165) is 5.56 Å². The van der Waals surface area contributed by atoms with Gasteiger partial charge >= 0.3 is 0 Å². The minimum Gasteiger partial charge on any atom is -0.338 e. The van der Waals surface area contributed by atoms with Crippen molar-refractivity contribution in [1.29, 1.82) is 0 Å². The molecule has 0 unspecified atom stereocenters. The Morgan fingerprint density at radius 3 is 2.35 bits per heavy atom. The number of benzene rings is 2. The fourth-order valence-corrected chi connectivity index (χ4v) is 5.27. The number of amides is 1. The lowest BCUT2D eigenvalue weighted by Crippen LogP contribution is -2.43. The van der Waals surface area contributed by atoms with E-state index in [-0.39, 0.29) is 29.4 Å². The SMILES string of the molecule is O=C(c1c(F)cccc1Cl)N1CCC(S(=O)(=O)Cc2ccccc2)CC1. The second-order valence-electron chi connectivity index (χ2n) is 6.38. The molecule has 2 aromatic carbocycles. The number of hydrogen-bond donors (Lipinski definition) is 0. The highest BCUT2D eigenvalue weighted by molar-refractivity contribution is 7.91. The van der Waals surface area contributed by atoms with Crippen molar-refractivity contribution in [3.05, 3.63) is 70.5 Å². The van der Waals surface area contributed by atoms with E-state index in [1.54, 1.807) is 12.1 Å². The van der Waals surface area contributed by atoms with Gasteiger partial charge in [0.1, 0.15) is 5.82 Å². The molecule has 0 spiro atoms. The van der Waals surface area contributed by atoms with Crippen molar-refractivity contribution in [2.45, 2.75) is 23.8 Å². The van der Waals surface area contributed by atoms with Gasteiger partial charge in [0.2, 0.25) is 0 Å². The minimum absolute atomic E-state index is 0.00834. The third kappa shape index (κ3) is 4.07. The van der Waals surface area contributed by atoms with E-state index in [2.05, 4.69) is 0 Å². The van der Waals surface area contributed by atoms with Crippen LogP contribution >= 0.6 is 11.6 Å². The average Bonchev–Trinajstić information content (AvgIpc) is 2.62. The highest BCUT2D eigenvalue weighted by Gasteiger charge is 2.33. The van der Waals surface area contributed by atoms with Crippen LogP contribution < -0.4 is 0 Å². The number of rotatable bonds is 4. The second kappa shape index (κ2) is 7.76. The topological polar surface area (TPSA) is 54.5 Å². The molecule has 0 N–H and O–H groups in total. The molecule has 1 aliphatic rings. The van der Waals surface area contributed by atoms with Crippen molar-refractivity contribution in [2.75, 3.05) is 13.1 Å². The summed E-state index contributed by atoms with van der Waals surface area (Å²) in [5.41, 5.74) is 0.601. The van der Waals surface area contributed by atoms with Crippen molar-refractivity contribution >= 4 is 27.3 Å². The Labute approximate surface area is 157 Å². The van der Waals surface area contributed by atoms with Crippen LogP contribution in [0.5, 0.6) is 0 Å². The highest BCUT2D eigenvalue weighted by atomic mass is 35.5. The molecule has 0 aromatic heterocycles. The maximum Gasteiger partial charge on any atom is 0.258 e. The number of carbonyl (C=O) groups excluding carboxylic acids is 1. The number of carbonyl (C=O) groups is 1. The molecule has 7 heteroatoms. The van der Waals surface area contributed by atoms with E-state index in [4.69, 9.17) is 11.6 Å². The van der Waals surface area contributed by atoms with E-state index in [1.165, 1.54) is 23.1 Å². The molecule has 26 heavy (non-hydrogen) atoms. The van der Waals surface area contributed by atoms with Gasteiger partial charge in [-0.15, -0.1) is 0 Å². The molecule has 0 bridgehead atoms. The van der Waals surface area contributed by atoms with E-state index in [9.17, 15) is 17.6 Å². The Morgan fingerprint density at radius 2 is 1.73 bits per heavy atom. The maximum atomic E-state index is 13.9. The monoisotopic (exact) mass is 395 g/mol. The lowest BCUT2D eigenvalue weighted by atomic mass is 10.1. The van der Waals surface area contributed by atoms with Gasteiger partial charge in [-0.3, -0.25) is 4.79 Å². The summed E-state index contributed by atoms with van der Waals surface area (Å²) in [6.07, 6.45) is 0.681. The summed E-state index contributed by atoms with van der Waals surface area (Å²) in [5.74, 6) is -1.17. The first-order chi connectivity index (χ1) is 12.4. The van der Waals surface area contributed by atoms with E-state index in [0.29, 0.717) is 12.8 Å². The summed E-state index contributed by atoms with van der Waals surface area (Å²) in [5, 5.41) is -0.434. The van der Waals surface area contributed by atoms with Gasteiger partial charge < -0.3 is 4.90 Å². The van der Waals surface area contributed by atoms with Crippen LogP contribution in [0.25, 0.3) is 0 Å². The van der Waals surface area contributed by atoms with Crippen molar-refractivity contribution in [2.24, 2.45) is 0 Å². The Morgan fingerprint density at radius 1 is 1.08 bits per heavy atom. The van der Waals surface area contributed by atoms with E-state index < -0.39 is 26.8 Å². The van der Waals surface area contributed by atoms with Crippen molar-refractivity contribution in [3.63, 3.8) is 0 Å². The third-order valence-electron chi connectivity index (χ3n) is 4.62. The van der Waals surface area contributed by atoms with E-state index in [1.807, 2.05) is 18.2 Å². The summed E-state index contributed by atoms with van der Waals surface area (Å²) in [6, 6.07) is 13.1. The van der Waals surface area contributed by atoms with Gasteiger partial charge in [-0.25, -0.2) is 12.8 Å². The van der Waals surface area contributed by atoms with Crippen molar-refractivity contribution < 1.29 is 17.6 Å². The Balaban J connectivity index is 1.66. The maximum absolute atomic E-state index is 13.9. The molecular weight excluding hydrogens is 377 g/mol. The summed E-state index contributed by atoms with van der Waals surface area (Å²) in [6.45, 7) is 0.532. The van der Waals surface area contributed by atoms with Crippen LogP contribution in [-0.2, 0) is 15.6 Å². The average molecular weight is 396 g/mol. The van der Waals surface area contributed by atoms with Gasteiger partial charge in [0.25, 0.3) is 5.91 Å². The lowest BCUT2D eigenvalue weighted by Gasteiger charge is -2.32. The Hall–Kier alpha value is -1.92. The lowest BCUT2D eigenvalue weighted by molar-refractivity contribution is 0.0721. The van der Waals surface area contributed by atoms with Gasteiger partial charge in [-0.1, -0.05) is 48.0 Å². The standard InChI is InChI=1S/C19H19ClFNO3S/c20-16-7-4-8-17(21)18(16)19(23)22-11-9-15(10-12-22)26(24,25)13-14-5-2-1-3-6-14/h1-8,15H,9-13H2. The minimum atomic E-state index is -3.30. The summed E-state index contributed by atoms with van der Waals surface area (Å²) >= 11 is 5.95. The van der Waals surface area contributed by atoms with Crippen molar-refractivity contribution in [3.8, 4) is 0 Å². The zero-order valence-corrected chi connectivity index (χ0v) is 15.6. The molecule has 0 saturated carbocycles. The summed E-state index contributed by atoms with van der Waals surface area (Å²) in [4.78, 5) is 14.0. The van der Waals surface area contributed by atoms with E-state index >= 15 is 0 Å². The molecule has 3 rings (SSSR count). The molecule has 1 aliphatic heterocycles. The Bertz CT molecular complexity index is 874. The molecule has 4 nitrogen and oxygen atoms in total. The van der Waals surface area contributed by atoms with Crippen LogP contribution in [0.3, 0.4) is 0 Å². The van der Waals surface area contributed by atoms with Gasteiger partial charge in [0, 0.05) is 13.1 Å². The molecular formula is C19H19ClFNO3S. The second-order valence-corrected chi connectivity index (χ2v) is 9.07. The molecule has 0 atom stereocenters. The Kier molecular flexibility index (Phi) is 5.63. The highest BCUT2D eigenvalue weighted by Crippen LogP contribution is 2.25. The molecule has 1 saturated heterocycles. The zero-order chi connectivity index (χ0) is 18.7. The molecule has 1 heterocycles. The quantitative estimate of drug-likeness (QED) is 0.793. The normalized spacial score (nSPS) is 15.8. The number of piperidine rings is 1. The fourth-order valence-electron chi connectivity index (χ4n) is 3.20.